The fourth-order valence-corrected chi connectivity index (χ4v) is 3.88. The van der Waals surface area contributed by atoms with Crippen LogP contribution in [0.5, 0.6) is 0 Å². The van der Waals surface area contributed by atoms with Crippen LogP contribution in [0.1, 0.15) is 44.5 Å². The standard InChI is InChI=1S/C19H24N2O2/c1-18(2)10-7-11-19(3,4)21(18)13-12-20-15-9-6-5-8-14(15)16(22)17(20)23/h5-10H,11-13H2,1-4H3. The fourth-order valence-electron chi connectivity index (χ4n) is 3.88. The first-order valence-corrected chi connectivity index (χ1v) is 8.15. The van der Waals surface area contributed by atoms with Crippen LogP contribution >= 0.6 is 0 Å². The molecule has 2 aliphatic rings. The zero-order valence-corrected chi connectivity index (χ0v) is 14.3. The molecular weight excluding hydrogens is 288 g/mol. The van der Waals surface area contributed by atoms with E-state index in [2.05, 4.69) is 44.7 Å². The summed E-state index contributed by atoms with van der Waals surface area (Å²) in [7, 11) is 0. The van der Waals surface area contributed by atoms with E-state index in [1.54, 1.807) is 17.0 Å². The van der Waals surface area contributed by atoms with Gasteiger partial charge in [-0.25, -0.2) is 0 Å². The smallest absolute Gasteiger partial charge is 0.299 e. The SMILES string of the molecule is CC1(C)C=CCC(C)(C)N1CCN1C(=O)C(=O)c2ccccc21. The summed E-state index contributed by atoms with van der Waals surface area (Å²) in [5.41, 5.74) is 1.23. The molecule has 4 heteroatoms. The molecule has 0 aliphatic carbocycles. The van der Waals surface area contributed by atoms with Crippen LogP contribution in [0.25, 0.3) is 0 Å². The number of hydrogen-bond acceptors (Lipinski definition) is 3. The fraction of sp³-hybridized carbons (Fsp3) is 0.474. The van der Waals surface area contributed by atoms with Crippen molar-refractivity contribution in [2.24, 2.45) is 0 Å². The van der Waals surface area contributed by atoms with Gasteiger partial charge in [0.25, 0.3) is 11.7 Å². The second kappa shape index (κ2) is 5.31. The van der Waals surface area contributed by atoms with Gasteiger partial charge in [0.2, 0.25) is 0 Å². The minimum absolute atomic E-state index is 0.0323. The number of anilines is 1. The Morgan fingerprint density at radius 2 is 1.74 bits per heavy atom. The maximum Gasteiger partial charge on any atom is 0.299 e. The van der Waals surface area contributed by atoms with Gasteiger partial charge in [-0.1, -0.05) is 24.3 Å². The van der Waals surface area contributed by atoms with Gasteiger partial charge >= 0.3 is 0 Å². The Morgan fingerprint density at radius 1 is 1.04 bits per heavy atom. The Hall–Kier alpha value is -1.94. The number of benzene rings is 1. The van der Waals surface area contributed by atoms with E-state index in [0.717, 1.165) is 18.7 Å². The first-order chi connectivity index (χ1) is 10.7. The quantitative estimate of drug-likeness (QED) is 0.636. The van der Waals surface area contributed by atoms with Crippen molar-refractivity contribution in [3.05, 3.63) is 42.0 Å². The molecule has 23 heavy (non-hydrogen) atoms. The lowest BCUT2D eigenvalue weighted by Gasteiger charge is -2.50. The lowest BCUT2D eigenvalue weighted by atomic mass is 9.85. The second-order valence-corrected chi connectivity index (χ2v) is 7.53. The number of fused-ring (bicyclic) bond motifs is 1. The Labute approximate surface area is 137 Å². The summed E-state index contributed by atoms with van der Waals surface area (Å²) in [5.74, 6) is -0.799. The summed E-state index contributed by atoms with van der Waals surface area (Å²) >= 11 is 0. The summed E-state index contributed by atoms with van der Waals surface area (Å²) in [5, 5.41) is 0. The van der Waals surface area contributed by atoms with E-state index in [1.165, 1.54) is 0 Å². The van der Waals surface area contributed by atoms with Gasteiger partial charge in [-0.3, -0.25) is 14.5 Å². The molecule has 1 aromatic carbocycles. The van der Waals surface area contributed by atoms with Crippen LogP contribution in [0.4, 0.5) is 5.69 Å². The third kappa shape index (κ3) is 2.61. The minimum atomic E-state index is -0.408. The molecule has 0 saturated heterocycles. The zero-order valence-electron chi connectivity index (χ0n) is 14.3. The molecule has 1 amide bonds. The first kappa shape index (κ1) is 15.9. The average molecular weight is 312 g/mol. The predicted octanol–water partition coefficient (Wildman–Crippen LogP) is 3.04. The summed E-state index contributed by atoms with van der Waals surface area (Å²) in [4.78, 5) is 28.4. The van der Waals surface area contributed by atoms with E-state index in [-0.39, 0.29) is 11.1 Å². The summed E-state index contributed by atoms with van der Waals surface area (Å²) in [6.07, 6.45) is 5.44. The van der Waals surface area contributed by atoms with Gasteiger partial charge in [-0.15, -0.1) is 0 Å². The number of Topliss-reactive ketones (excluding diaryl/α,β-unsaturated/α-hetero) is 1. The van der Waals surface area contributed by atoms with E-state index >= 15 is 0 Å². The maximum atomic E-state index is 12.3. The summed E-state index contributed by atoms with van der Waals surface area (Å²) < 4.78 is 0. The van der Waals surface area contributed by atoms with Crippen molar-refractivity contribution >= 4 is 17.4 Å². The Balaban J connectivity index is 1.82. The molecule has 4 nitrogen and oxygen atoms in total. The molecule has 0 bridgehead atoms. The zero-order chi connectivity index (χ0) is 16.8. The van der Waals surface area contributed by atoms with Crippen molar-refractivity contribution in [3.8, 4) is 0 Å². The van der Waals surface area contributed by atoms with Crippen molar-refractivity contribution in [1.82, 2.24) is 4.90 Å². The van der Waals surface area contributed by atoms with Crippen LogP contribution < -0.4 is 4.90 Å². The molecule has 0 saturated carbocycles. The van der Waals surface area contributed by atoms with E-state index in [1.807, 2.05) is 12.1 Å². The highest BCUT2D eigenvalue weighted by molar-refractivity contribution is 6.52. The highest BCUT2D eigenvalue weighted by Gasteiger charge is 2.40. The third-order valence-corrected chi connectivity index (χ3v) is 5.00. The van der Waals surface area contributed by atoms with Crippen molar-refractivity contribution in [2.45, 2.75) is 45.2 Å². The molecular formula is C19H24N2O2. The molecule has 0 N–H and O–H groups in total. The Bertz CT molecular complexity index is 688. The van der Waals surface area contributed by atoms with Crippen LogP contribution in [0.2, 0.25) is 0 Å². The van der Waals surface area contributed by atoms with Gasteiger partial charge < -0.3 is 4.90 Å². The lowest BCUT2D eigenvalue weighted by Crippen LogP contribution is -2.58. The average Bonchev–Trinajstić information content (AvgIpc) is 2.71. The topological polar surface area (TPSA) is 40.6 Å². The Morgan fingerprint density at radius 3 is 2.43 bits per heavy atom. The monoisotopic (exact) mass is 312 g/mol. The maximum absolute atomic E-state index is 12.3. The van der Waals surface area contributed by atoms with Crippen LogP contribution in [0.3, 0.4) is 0 Å². The van der Waals surface area contributed by atoms with Gasteiger partial charge in [0, 0.05) is 24.2 Å². The lowest BCUT2D eigenvalue weighted by molar-refractivity contribution is -0.114. The highest BCUT2D eigenvalue weighted by atomic mass is 16.2. The van der Waals surface area contributed by atoms with Crippen molar-refractivity contribution in [3.63, 3.8) is 0 Å². The molecule has 122 valence electrons. The molecule has 1 aromatic rings. The number of rotatable bonds is 3. The number of ketones is 1. The number of amides is 1. The number of carbonyl (C=O) groups is 2. The first-order valence-electron chi connectivity index (χ1n) is 8.15. The van der Waals surface area contributed by atoms with Gasteiger partial charge in [0.05, 0.1) is 11.3 Å². The van der Waals surface area contributed by atoms with Crippen LogP contribution in [-0.4, -0.2) is 40.8 Å². The van der Waals surface area contributed by atoms with E-state index in [0.29, 0.717) is 12.1 Å². The predicted molar refractivity (Wildman–Crippen MR) is 91.7 cm³/mol. The number of para-hydroxylation sites is 1. The third-order valence-electron chi connectivity index (χ3n) is 5.00. The van der Waals surface area contributed by atoms with E-state index in [9.17, 15) is 9.59 Å². The summed E-state index contributed by atoms with van der Waals surface area (Å²) in [6.45, 7) is 10.1. The number of nitrogens with zero attached hydrogens (tertiary/aromatic N) is 2. The van der Waals surface area contributed by atoms with Gasteiger partial charge in [-0.2, -0.15) is 0 Å². The molecule has 0 radical (unpaired) electrons. The normalized spacial score (nSPS) is 22.5. The van der Waals surface area contributed by atoms with Crippen molar-refractivity contribution < 1.29 is 9.59 Å². The van der Waals surface area contributed by atoms with Crippen LogP contribution in [0.15, 0.2) is 36.4 Å². The van der Waals surface area contributed by atoms with Crippen LogP contribution in [0, 0.1) is 0 Å². The molecule has 3 rings (SSSR count). The molecule has 0 aromatic heterocycles. The van der Waals surface area contributed by atoms with Crippen LogP contribution in [-0.2, 0) is 4.79 Å². The minimum Gasteiger partial charge on any atom is -0.303 e. The van der Waals surface area contributed by atoms with Crippen molar-refractivity contribution in [1.29, 1.82) is 0 Å². The number of hydrogen-bond donors (Lipinski definition) is 0. The second-order valence-electron chi connectivity index (χ2n) is 7.53. The molecule has 2 heterocycles. The number of carbonyl (C=O) groups excluding carboxylic acids is 2. The van der Waals surface area contributed by atoms with E-state index < -0.39 is 11.7 Å². The molecule has 0 spiro atoms. The largest absolute Gasteiger partial charge is 0.303 e. The molecule has 2 aliphatic heterocycles. The van der Waals surface area contributed by atoms with Gasteiger partial charge in [-0.05, 0) is 46.2 Å². The summed E-state index contributed by atoms with van der Waals surface area (Å²) in [6, 6.07) is 7.25. The van der Waals surface area contributed by atoms with Gasteiger partial charge in [0.1, 0.15) is 0 Å². The molecule has 0 fully saturated rings. The van der Waals surface area contributed by atoms with Crippen molar-refractivity contribution in [2.75, 3.05) is 18.0 Å². The molecule has 0 atom stereocenters. The Kier molecular flexibility index (Phi) is 3.68. The van der Waals surface area contributed by atoms with E-state index in [4.69, 9.17) is 0 Å². The van der Waals surface area contributed by atoms with Gasteiger partial charge in [0.15, 0.2) is 0 Å². The molecule has 0 unspecified atom stereocenters. The highest BCUT2D eigenvalue weighted by Crippen LogP contribution is 2.34.